The van der Waals surface area contributed by atoms with Crippen LogP contribution in [0.25, 0.3) is 12.2 Å². The smallest absolute Gasteiger partial charge is 0.169 e. The molecule has 0 radical (unpaired) electrons. The Kier molecular flexibility index (Phi) is 14.6. The predicted octanol–water partition coefficient (Wildman–Crippen LogP) is 7.18. The van der Waals surface area contributed by atoms with E-state index in [1.54, 1.807) is 0 Å². The summed E-state index contributed by atoms with van der Waals surface area (Å²) < 4.78 is 6.56. The van der Waals surface area contributed by atoms with Crippen molar-refractivity contribution in [1.82, 2.24) is 0 Å². The zero-order valence-electron chi connectivity index (χ0n) is 20.3. The third kappa shape index (κ3) is 11.7. The van der Waals surface area contributed by atoms with Crippen molar-refractivity contribution in [3.8, 4) is 0 Å². The molecule has 1 N–H and O–H groups in total. The number of aromatic nitrogens is 1. The average Bonchev–Trinajstić information content (AvgIpc) is 2.85. The summed E-state index contributed by atoms with van der Waals surface area (Å²) in [6.07, 6.45) is 18.3. The normalized spacial score (nSPS) is 11.4. The van der Waals surface area contributed by atoms with E-state index < -0.39 is 0 Å². The van der Waals surface area contributed by atoms with Crippen molar-refractivity contribution in [3.05, 3.63) is 59.9 Å². The molecule has 0 aliphatic heterocycles. The molecule has 0 unspecified atom stereocenters. The molecule has 0 bridgehead atoms. The fraction of sp³-hybridized carbons (Fsp3) is 0.519. The summed E-state index contributed by atoms with van der Waals surface area (Å²) in [5, 5.41) is 11.7. The molecule has 0 fully saturated rings. The van der Waals surface area contributed by atoms with Crippen LogP contribution >= 0.6 is 12.0 Å². The van der Waals surface area contributed by atoms with Crippen molar-refractivity contribution in [1.29, 1.82) is 0 Å². The number of pyridine rings is 1. The highest BCUT2D eigenvalue weighted by Gasteiger charge is 2.06. The largest absolute Gasteiger partial charge is 0.372 e. The van der Waals surface area contributed by atoms with Crippen LogP contribution in [-0.2, 0) is 15.9 Å². The fourth-order valence-corrected chi connectivity index (χ4v) is 4.14. The Morgan fingerprint density at radius 2 is 1.42 bits per heavy atom. The van der Waals surface area contributed by atoms with Gasteiger partial charge in [-0.05, 0) is 42.5 Å². The Balaban J connectivity index is 1.84. The van der Waals surface area contributed by atoms with E-state index in [0.717, 1.165) is 50.3 Å². The SMILES string of the molecule is CCCCCN(CCCCC)c1ccc(C=Cc2cc[n+](CCCCSOOO)cc2)cc1. The lowest BCUT2D eigenvalue weighted by molar-refractivity contribution is -0.697. The molecular weight excluding hydrogens is 432 g/mol. The molecule has 6 heteroatoms. The number of unbranched alkanes of at least 4 members (excludes halogenated alkanes) is 5. The van der Waals surface area contributed by atoms with Crippen LogP contribution in [0.3, 0.4) is 0 Å². The topological polar surface area (TPSA) is 45.8 Å². The van der Waals surface area contributed by atoms with Gasteiger partial charge in [0.05, 0.1) is 0 Å². The molecule has 0 spiro atoms. The Labute approximate surface area is 204 Å². The van der Waals surface area contributed by atoms with Crippen LogP contribution in [-0.4, -0.2) is 24.1 Å². The van der Waals surface area contributed by atoms with Gasteiger partial charge in [-0.15, -0.1) is 4.33 Å². The molecule has 2 rings (SSSR count). The maximum atomic E-state index is 8.10. The van der Waals surface area contributed by atoms with Crippen LogP contribution in [0.5, 0.6) is 0 Å². The first kappa shape index (κ1) is 27.4. The van der Waals surface area contributed by atoms with Crippen molar-refractivity contribution in [3.63, 3.8) is 0 Å². The molecule has 0 amide bonds. The molecular formula is C27H41N2O3S+. The predicted molar refractivity (Wildman–Crippen MR) is 140 cm³/mol. The van der Waals surface area contributed by atoms with Crippen LogP contribution in [0, 0.1) is 0 Å². The standard InChI is InChI=1S/C27H40N2O3S/c1-3-5-7-20-29(21-8-6-4-2)27-15-13-25(14-16-27)11-12-26-17-22-28(23-18-26)19-9-10-24-33-32-31-30/h11-18,22-23H,3-10,19-21,24H2,1-2H3/p+1. The van der Waals surface area contributed by atoms with Crippen LogP contribution in [0.1, 0.15) is 76.3 Å². The van der Waals surface area contributed by atoms with E-state index in [1.807, 2.05) is 0 Å². The van der Waals surface area contributed by atoms with Crippen molar-refractivity contribution >= 4 is 29.9 Å². The van der Waals surface area contributed by atoms with Gasteiger partial charge in [0, 0.05) is 55.1 Å². The van der Waals surface area contributed by atoms with E-state index in [0.29, 0.717) is 0 Å². The minimum atomic E-state index is 0.788. The number of hydrogen-bond donors (Lipinski definition) is 1. The number of hydrogen-bond acceptors (Lipinski definition) is 5. The van der Waals surface area contributed by atoms with Crippen molar-refractivity contribution in [2.75, 3.05) is 23.7 Å². The molecule has 0 saturated carbocycles. The Hall–Kier alpha value is -1.86. The molecule has 182 valence electrons. The second-order valence-electron chi connectivity index (χ2n) is 8.37. The van der Waals surface area contributed by atoms with E-state index >= 15 is 0 Å². The van der Waals surface area contributed by atoms with E-state index in [2.05, 4.69) is 93.6 Å². The lowest BCUT2D eigenvalue weighted by atomic mass is 10.1. The minimum absolute atomic E-state index is 0.788. The third-order valence-corrected chi connectivity index (χ3v) is 6.29. The van der Waals surface area contributed by atoms with Crippen LogP contribution in [0.4, 0.5) is 5.69 Å². The Morgan fingerprint density at radius 1 is 0.818 bits per heavy atom. The maximum Gasteiger partial charge on any atom is 0.169 e. The van der Waals surface area contributed by atoms with E-state index in [-0.39, 0.29) is 0 Å². The zero-order chi connectivity index (χ0) is 23.6. The van der Waals surface area contributed by atoms with Crippen LogP contribution in [0.15, 0.2) is 48.8 Å². The van der Waals surface area contributed by atoms with Crippen molar-refractivity contribution in [2.45, 2.75) is 71.8 Å². The third-order valence-electron chi connectivity index (χ3n) is 5.68. The van der Waals surface area contributed by atoms with Gasteiger partial charge in [0.2, 0.25) is 0 Å². The van der Waals surface area contributed by atoms with Crippen LogP contribution < -0.4 is 9.47 Å². The molecule has 2 aromatic rings. The highest BCUT2D eigenvalue weighted by molar-refractivity contribution is 7.94. The van der Waals surface area contributed by atoms with Crippen LogP contribution in [0.2, 0.25) is 0 Å². The van der Waals surface area contributed by atoms with Gasteiger partial charge in [0.1, 0.15) is 6.54 Å². The second kappa shape index (κ2) is 17.6. The molecule has 0 saturated heterocycles. The molecule has 0 aliphatic carbocycles. The summed E-state index contributed by atoms with van der Waals surface area (Å²) in [7, 11) is 0. The average molecular weight is 474 g/mol. The van der Waals surface area contributed by atoms with Gasteiger partial charge in [0.25, 0.3) is 0 Å². The number of nitrogens with zero attached hydrogens (tertiary/aromatic N) is 2. The molecule has 33 heavy (non-hydrogen) atoms. The fourth-order valence-electron chi connectivity index (χ4n) is 3.70. The van der Waals surface area contributed by atoms with Gasteiger partial charge in [0.15, 0.2) is 12.4 Å². The summed E-state index contributed by atoms with van der Waals surface area (Å²) in [6.45, 7) is 7.80. The summed E-state index contributed by atoms with van der Waals surface area (Å²) in [6, 6.07) is 13.3. The monoisotopic (exact) mass is 473 g/mol. The van der Waals surface area contributed by atoms with Gasteiger partial charge in [-0.3, -0.25) is 0 Å². The Bertz CT molecular complexity index is 756. The number of aryl methyl sites for hydroxylation is 1. The first-order valence-corrected chi connectivity index (χ1v) is 13.3. The van der Waals surface area contributed by atoms with E-state index in [1.165, 1.54) is 55.3 Å². The molecule has 1 aromatic carbocycles. The molecule has 0 atom stereocenters. The number of benzene rings is 1. The van der Waals surface area contributed by atoms with Gasteiger partial charge in [-0.25, -0.2) is 9.82 Å². The zero-order valence-corrected chi connectivity index (χ0v) is 21.1. The van der Waals surface area contributed by atoms with Crippen molar-refractivity contribution < 1.29 is 19.2 Å². The first-order valence-electron chi connectivity index (χ1n) is 12.4. The molecule has 5 nitrogen and oxygen atoms in total. The second-order valence-corrected chi connectivity index (χ2v) is 9.15. The molecule has 0 aliphatic rings. The highest BCUT2D eigenvalue weighted by Crippen LogP contribution is 2.19. The number of anilines is 1. The lowest BCUT2D eigenvalue weighted by Crippen LogP contribution is -2.32. The maximum absolute atomic E-state index is 8.10. The lowest BCUT2D eigenvalue weighted by Gasteiger charge is -2.25. The highest BCUT2D eigenvalue weighted by atomic mass is 32.2. The minimum Gasteiger partial charge on any atom is -0.372 e. The summed E-state index contributed by atoms with van der Waals surface area (Å²) in [4.78, 5) is 2.56. The van der Waals surface area contributed by atoms with Gasteiger partial charge in [-0.2, -0.15) is 0 Å². The number of rotatable bonds is 18. The summed E-state index contributed by atoms with van der Waals surface area (Å²) in [5.41, 5.74) is 3.76. The summed E-state index contributed by atoms with van der Waals surface area (Å²) >= 11 is 1.11. The Morgan fingerprint density at radius 3 is 2.00 bits per heavy atom. The van der Waals surface area contributed by atoms with E-state index in [9.17, 15) is 0 Å². The van der Waals surface area contributed by atoms with E-state index in [4.69, 9.17) is 5.26 Å². The first-order chi connectivity index (χ1) is 16.3. The van der Waals surface area contributed by atoms with Gasteiger partial charge < -0.3 is 4.90 Å². The van der Waals surface area contributed by atoms with Gasteiger partial charge >= 0.3 is 0 Å². The molecule has 1 aromatic heterocycles. The quantitative estimate of drug-likeness (QED) is 0.0817. The van der Waals surface area contributed by atoms with Gasteiger partial charge in [-0.1, -0.05) is 68.9 Å². The molecule has 1 heterocycles. The van der Waals surface area contributed by atoms with Crippen molar-refractivity contribution in [2.24, 2.45) is 0 Å². The summed E-state index contributed by atoms with van der Waals surface area (Å²) in [5.74, 6) is 0.788.